The first-order valence-electron chi connectivity index (χ1n) is 8.03. The molecule has 2 heteroatoms. The zero-order valence-electron chi connectivity index (χ0n) is 13.9. The van der Waals surface area contributed by atoms with Crippen LogP contribution in [0.4, 0.5) is 0 Å². The van der Waals surface area contributed by atoms with Crippen LogP contribution in [0.3, 0.4) is 0 Å². The average Bonchev–Trinajstić information content (AvgIpc) is 2.79. The SMILES string of the molecule is CC(C)(C)OC(C(C)(C)C)C1(CN2CCCC2)CC1. The van der Waals surface area contributed by atoms with E-state index < -0.39 is 0 Å². The van der Waals surface area contributed by atoms with Crippen LogP contribution in [-0.2, 0) is 4.74 Å². The molecular formula is C17H33NO. The molecule has 19 heavy (non-hydrogen) atoms. The van der Waals surface area contributed by atoms with Crippen LogP contribution >= 0.6 is 0 Å². The van der Waals surface area contributed by atoms with Crippen molar-refractivity contribution in [3.8, 4) is 0 Å². The van der Waals surface area contributed by atoms with Gasteiger partial charge in [0.15, 0.2) is 0 Å². The Morgan fingerprint density at radius 2 is 1.53 bits per heavy atom. The molecule has 2 aliphatic rings. The second-order valence-electron chi connectivity index (χ2n) is 8.82. The molecule has 1 aliphatic carbocycles. The third-order valence-electron chi connectivity index (χ3n) is 4.44. The molecule has 0 aromatic rings. The van der Waals surface area contributed by atoms with Gasteiger partial charge in [0, 0.05) is 12.0 Å². The first kappa shape index (κ1) is 15.3. The Kier molecular flexibility index (Phi) is 4.06. The molecule has 0 aromatic carbocycles. The molecule has 112 valence electrons. The molecule has 0 radical (unpaired) electrons. The Labute approximate surface area is 119 Å². The lowest BCUT2D eigenvalue weighted by Crippen LogP contribution is -2.47. The first-order valence-corrected chi connectivity index (χ1v) is 8.03. The van der Waals surface area contributed by atoms with Gasteiger partial charge < -0.3 is 9.64 Å². The summed E-state index contributed by atoms with van der Waals surface area (Å²) in [5.41, 5.74) is 0.609. The number of ether oxygens (including phenoxy) is 1. The van der Waals surface area contributed by atoms with Crippen molar-refractivity contribution in [2.45, 2.75) is 78.9 Å². The summed E-state index contributed by atoms with van der Waals surface area (Å²) in [6.07, 6.45) is 5.84. The maximum Gasteiger partial charge on any atom is 0.0698 e. The standard InChI is InChI=1S/C17H33NO/c1-15(2,3)14(19-16(4,5)6)17(9-10-17)13-18-11-7-8-12-18/h14H,7-13H2,1-6H3. The molecule has 1 saturated carbocycles. The Balaban J connectivity index is 2.08. The van der Waals surface area contributed by atoms with Crippen molar-refractivity contribution in [3.05, 3.63) is 0 Å². The van der Waals surface area contributed by atoms with Gasteiger partial charge in [-0.2, -0.15) is 0 Å². The largest absolute Gasteiger partial charge is 0.371 e. The Morgan fingerprint density at radius 1 is 1.00 bits per heavy atom. The highest BCUT2D eigenvalue weighted by Crippen LogP contribution is 2.56. The van der Waals surface area contributed by atoms with Crippen LogP contribution in [0.1, 0.15) is 67.2 Å². The highest BCUT2D eigenvalue weighted by Gasteiger charge is 2.55. The topological polar surface area (TPSA) is 12.5 Å². The Bertz CT molecular complexity index is 300. The van der Waals surface area contributed by atoms with Gasteiger partial charge in [0.2, 0.25) is 0 Å². The lowest BCUT2D eigenvalue weighted by Gasteiger charge is -2.43. The van der Waals surface area contributed by atoms with Crippen molar-refractivity contribution in [1.82, 2.24) is 4.90 Å². The molecule has 1 unspecified atom stereocenters. The molecule has 1 atom stereocenters. The van der Waals surface area contributed by atoms with Gasteiger partial charge in [-0.3, -0.25) is 0 Å². The third-order valence-corrected chi connectivity index (χ3v) is 4.44. The van der Waals surface area contributed by atoms with Crippen molar-refractivity contribution in [3.63, 3.8) is 0 Å². The van der Waals surface area contributed by atoms with Crippen LogP contribution in [0, 0.1) is 10.8 Å². The van der Waals surface area contributed by atoms with Gasteiger partial charge in [0.05, 0.1) is 11.7 Å². The van der Waals surface area contributed by atoms with Crippen LogP contribution in [0.5, 0.6) is 0 Å². The van der Waals surface area contributed by atoms with Gasteiger partial charge in [-0.25, -0.2) is 0 Å². The number of hydrogen-bond acceptors (Lipinski definition) is 2. The second kappa shape index (κ2) is 5.04. The summed E-state index contributed by atoms with van der Waals surface area (Å²) in [5.74, 6) is 0. The van der Waals surface area contributed by atoms with Crippen LogP contribution in [-0.4, -0.2) is 36.2 Å². The van der Waals surface area contributed by atoms with E-state index >= 15 is 0 Å². The van der Waals surface area contributed by atoms with E-state index in [1.54, 1.807) is 0 Å². The summed E-state index contributed by atoms with van der Waals surface area (Å²) in [5, 5.41) is 0. The van der Waals surface area contributed by atoms with E-state index in [1.165, 1.54) is 45.3 Å². The minimum Gasteiger partial charge on any atom is -0.371 e. The smallest absolute Gasteiger partial charge is 0.0698 e. The van der Waals surface area contributed by atoms with Crippen molar-refractivity contribution in [1.29, 1.82) is 0 Å². The molecule has 0 spiro atoms. The molecular weight excluding hydrogens is 234 g/mol. The van der Waals surface area contributed by atoms with Crippen LogP contribution in [0.15, 0.2) is 0 Å². The highest BCUT2D eigenvalue weighted by atomic mass is 16.5. The highest BCUT2D eigenvalue weighted by molar-refractivity contribution is 5.06. The second-order valence-corrected chi connectivity index (χ2v) is 8.82. The fraction of sp³-hybridized carbons (Fsp3) is 1.00. The van der Waals surface area contributed by atoms with E-state index in [1.807, 2.05) is 0 Å². The molecule has 0 amide bonds. The van der Waals surface area contributed by atoms with Gasteiger partial charge in [0.25, 0.3) is 0 Å². The lowest BCUT2D eigenvalue weighted by atomic mass is 9.78. The van der Waals surface area contributed by atoms with Crippen molar-refractivity contribution in [2.75, 3.05) is 19.6 Å². The van der Waals surface area contributed by atoms with Crippen molar-refractivity contribution < 1.29 is 4.74 Å². The molecule has 0 aromatic heterocycles. The summed E-state index contributed by atoms with van der Waals surface area (Å²) in [4.78, 5) is 2.66. The predicted molar refractivity (Wildman–Crippen MR) is 81.4 cm³/mol. The maximum absolute atomic E-state index is 6.51. The predicted octanol–water partition coefficient (Wildman–Crippen LogP) is 4.09. The number of likely N-dealkylation sites (tertiary alicyclic amines) is 1. The summed E-state index contributed by atoms with van der Waals surface area (Å²) >= 11 is 0. The summed E-state index contributed by atoms with van der Waals surface area (Å²) in [7, 11) is 0. The number of nitrogens with zero attached hydrogens (tertiary/aromatic N) is 1. The van der Waals surface area contributed by atoms with E-state index in [0.29, 0.717) is 11.5 Å². The summed E-state index contributed by atoms with van der Waals surface area (Å²) < 4.78 is 6.51. The molecule has 2 fully saturated rings. The normalized spacial score (nSPS) is 25.6. The summed E-state index contributed by atoms with van der Waals surface area (Å²) in [6.45, 7) is 17.5. The molecule has 1 saturated heterocycles. The fourth-order valence-electron chi connectivity index (χ4n) is 3.62. The molecule has 1 aliphatic heterocycles. The van der Waals surface area contributed by atoms with Crippen LogP contribution in [0.25, 0.3) is 0 Å². The quantitative estimate of drug-likeness (QED) is 0.760. The molecule has 0 bridgehead atoms. The molecule has 2 nitrogen and oxygen atoms in total. The van der Waals surface area contributed by atoms with Crippen LogP contribution < -0.4 is 0 Å². The molecule has 2 rings (SSSR count). The third kappa shape index (κ3) is 3.95. The van der Waals surface area contributed by atoms with Gasteiger partial charge in [-0.15, -0.1) is 0 Å². The van der Waals surface area contributed by atoms with E-state index in [0.717, 1.165) is 0 Å². The minimum absolute atomic E-state index is 0.0431. The van der Waals surface area contributed by atoms with Gasteiger partial charge >= 0.3 is 0 Å². The van der Waals surface area contributed by atoms with E-state index in [4.69, 9.17) is 4.74 Å². The van der Waals surface area contributed by atoms with E-state index in [-0.39, 0.29) is 11.0 Å². The van der Waals surface area contributed by atoms with Gasteiger partial charge in [0.1, 0.15) is 0 Å². The monoisotopic (exact) mass is 267 g/mol. The fourth-order valence-corrected chi connectivity index (χ4v) is 3.62. The van der Waals surface area contributed by atoms with Crippen LogP contribution in [0.2, 0.25) is 0 Å². The maximum atomic E-state index is 6.51. The first-order chi connectivity index (χ1) is 8.62. The number of rotatable bonds is 4. The van der Waals surface area contributed by atoms with Gasteiger partial charge in [-0.1, -0.05) is 20.8 Å². The lowest BCUT2D eigenvalue weighted by molar-refractivity contribution is -0.141. The minimum atomic E-state index is -0.0431. The van der Waals surface area contributed by atoms with Crippen molar-refractivity contribution >= 4 is 0 Å². The van der Waals surface area contributed by atoms with Crippen molar-refractivity contribution in [2.24, 2.45) is 10.8 Å². The molecule has 1 heterocycles. The average molecular weight is 267 g/mol. The Morgan fingerprint density at radius 3 is 1.89 bits per heavy atom. The van der Waals surface area contributed by atoms with E-state index in [2.05, 4.69) is 46.4 Å². The molecule has 0 N–H and O–H groups in total. The van der Waals surface area contributed by atoms with E-state index in [9.17, 15) is 0 Å². The zero-order chi connectivity index (χ0) is 14.3. The Hall–Kier alpha value is -0.0800. The zero-order valence-corrected chi connectivity index (χ0v) is 13.9. The van der Waals surface area contributed by atoms with Gasteiger partial charge in [-0.05, 0) is 65.0 Å². The number of hydrogen-bond donors (Lipinski definition) is 0. The summed E-state index contributed by atoms with van der Waals surface area (Å²) in [6, 6.07) is 0.